The number of para-hydroxylation sites is 2. The first-order valence-electron chi connectivity index (χ1n) is 9.84. The Kier molecular flexibility index (Phi) is 8.52. The third-order valence-electron chi connectivity index (χ3n) is 4.57. The van der Waals surface area contributed by atoms with Crippen LogP contribution in [0.4, 0.5) is 0 Å². The van der Waals surface area contributed by atoms with E-state index in [0.717, 1.165) is 17.5 Å². The van der Waals surface area contributed by atoms with Gasteiger partial charge in [-0.25, -0.2) is 0 Å². The lowest BCUT2D eigenvalue weighted by Crippen LogP contribution is -2.49. The molecule has 1 N–H and O–H groups in total. The standard InChI is InChI=1S/C23H30N2O4/c1-5-13-24-23(27)18(3)25(15-19-10-8-9-17(2)14-19)22(26)16-29-21-12-7-6-11-20(21)28-4/h6-12,14,18H,5,13,15-16H2,1-4H3,(H,24,27)/t18-/m0/s1. The fourth-order valence-corrected chi connectivity index (χ4v) is 2.95. The number of hydrogen-bond acceptors (Lipinski definition) is 4. The minimum atomic E-state index is -0.615. The molecule has 0 radical (unpaired) electrons. The Labute approximate surface area is 172 Å². The van der Waals surface area contributed by atoms with Gasteiger partial charge in [-0.15, -0.1) is 0 Å². The molecule has 156 valence electrons. The van der Waals surface area contributed by atoms with Crippen molar-refractivity contribution >= 4 is 11.8 Å². The van der Waals surface area contributed by atoms with Gasteiger partial charge in [0.25, 0.3) is 5.91 Å². The van der Waals surface area contributed by atoms with E-state index in [0.29, 0.717) is 24.6 Å². The lowest BCUT2D eigenvalue weighted by molar-refractivity contribution is -0.142. The lowest BCUT2D eigenvalue weighted by Gasteiger charge is -2.29. The number of methoxy groups -OCH3 is 1. The van der Waals surface area contributed by atoms with E-state index in [1.165, 1.54) is 0 Å². The van der Waals surface area contributed by atoms with Gasteiger partial charge in [-0.1, -0.05) is 48.9 Å². The molecular weight excluding hydrogens is 368 g/mol. The van der Waals surface area contributed by atoms with Gasteiger partial charge in [0.15, 0.2) is 18.1 Å². The maximum atomic E-state index is 13.0. The molecule has 0 heterocycles. The van der Waals surface area contributed by atoms with Crippen LogP contribution in [0.2, 0.25) is 0 Å². The number of aryl methyl sites for hydroxylation is 1. The van der Waals surface area contributed by atoms with E-state index >= 15 is 0 Å². The smallest absolute Gasteiger partial charge is 0.261 e. The third-order valence-corrected chi connectivity index (χ3v) is 4.57. The summed E-state index contributed by atoms with van der Waals surface area (Å²) in [5.41, 5.74) is 2.06. The highest BCUT2D eigenvalue weighted by Gasteiger charge is 2.26. The SMILES string of the molecule is CCCNC(=O)[C@H](C)N(Cc1cccc(C)c1)C(=O)COc1ccccc1OC. The largest absolute Gasteiger partial charge is 0.493 e. The van der Waals surface area contributed by atoms with Crippen LogP contribution in [-0.4, -0.2) is 43.0 Å². The van der Waals surface area contributed by atoms with Gasteiger partial charge in [0.2, 0.25) is 5.91 Å². The predicted octanol–water partition coefficient (Wildman–Crippen LogP) is 3.33. The number of benzene rings is 2. The molecule has 0 aliphatic carbocycles. The monoisotopic (exact) mass is 398 g/mol. The van der Waals surface area contributed by atoms with Gasteiger partial charge in [-0.2, -0.15) is 0 Å². The molecule has 0 fully saturated rings. The molecule has 0 aromatic heterocycles. The van der Waals surface area contributed by atoms with E-state index in [9.17, 15) is 9.59 Å². The summed E-state index contributed by atoms with van der Waals surface area (Å²) in [5.74, 6) is 0.600. The first-order valence-corrected chi connectivity index (χ1v) is 9.84. The summed E-state index contributed by atoms with van der Waals surface area (Å²) in [6, 6.07) is 14.4. The summed E-state index contributed by atoms with van der Waals surface area (Å²) < 4.78 is 11.0. The van der Waals surface area contributed by atoms with Crippen LogP contribution in [0.15, 0.2) is 48.5 Å². The molecule has 6 nitrogen and oxygen atoms in total. The highest BCUT2D eigenvalue weighted by Crippen LogP contribution is 2.25. The summed E-state index contributed by atoms with van der Waals surface area (Å²) >= 11 is 0. The molecule has 0 bridgehead atoms. The maximum absolute atomic E-state index is 13.0. The molecule has 6 heteroatoms. The molecule has 0 aliphatic rings. The Hall–Kier alpha value is -3.02. The van der Waals surface area contributed by atoms with Crippen molar-refractivity contribution in [1.29, 1.82) is 0 Å². The zero-order chi connectivity index (χ0) is 21.2. The summed E-state index contributed by atoms with van der Waals surface area (Å²) in [6.45, 7) is 6.45. The zero-order valence-corrected chi connectivity index (χ0v) is 17.6. The minimum absolute atomic E-state index is 0.176. The molecule has 0 saturated heterocycles. The number of rotatable bonds is 10. The Bertz CT molecular complexity index is 822. The zero-order valence-electron chi connectivity index (χ0n) is 17.6. The van der Waals surface area contributed by atoms with Crippen molar-refractivity contribution in [3.63, 3.8) is 0 Å². The summed E-state index contributed by atoms with van der Waals surface area (Å²) in [6.07, 6.45) is 0.835. The number of nitrogens with one attached hydrogen (secondary N) is 1. The molecule has 2 aromatic rings. The van der Waals surface area contributed by atoms with Crippen molar-refractivity contribution in [2.24, 2.45) is 0 Å². The fourth-order valence-electron chi connectivity index (χ4n) is 2.95. The Balaban J connectivity index is 2.16. The van der Waals surface area contributed by atoms with Gasteiger partial charge in [0.1, 0.15) is 6.04 Å². The second-order valence-corrected chi connectivity index (χ2v) is 6.92. The lowest BCUT2D eigenvalue weighted by atomic mass is 10.1. The number of hydrogen-bond donors (Lipinski definition) is 1. The molecule has 0 spiro atoms. The van der Waals surface area contributed by atoms with Crippen LogP contribution in [0.5, 0.6) is 11.5 Å². The van der Waals surface area contributed by atoms with E-state index in [4.69, 9.17) is 9.47 Å². The van der Waals surface area contributed by atoms with E-state index in [2.05, 4.69) is 5.32 Å². The summed E-state index contributed by atoms with van der Waals surface area (Å²) in [4.78, 5) is 27.1. The van der Waals surface area contributed by atoms with E-state index in [1.807, 2.05) is 50.2 Å². The van der Waals surface area contributed by atoms with Gasteiger partial charge in [0.05, 0.1) is 7.11 Å². The van der Waals surface area contributed by atoms with E-state index in [1.54, 1.807) is 31.1 Å². The van der Waals surface area contributed by atoms with Crippen LogP contribution in [0.3, 0.4) is 0 Å². The van der Waals surface area contributed by atoms with Crippen molar-refractivity contribution in [1.82, 2.24) is 10.2 Å². The Morgan fingerprint density at radius 3 is 2.48 bits per heavy atom. The predicted molar refractivity (Wildman–Crippen MR) is 113 cm³/mol. The first kappa shape index (κ1) is 22.3. The highest BCUT2D eigenvalue weighted by atomic mass is 16.5. The second-order valence-electron chi connectivity index (χ2n) is 6.92. The average Bonchev–Trinajstić information content (AvgIpc) is 2.73. The topological polar surface area (TPSA) is 67.9 Å². The normalized spacial score (nSPS) is 11.4. The summed E-state index contributed by atoms with van der Waals surface area (Å²) in [7, 11) is 1.55. The molecule has 2 aromatic carbocycles. The van der Waals surface area contributed by atoms with Crippen molar-refractivity contribution in [3.8, 4) is 11.5 Å². The molecule has 29 heavy (non-hydrogen) atoms. The average molecular weight is 399 g/mol. The molecule has 2 rings (SSSR count). The fraction of sp³-hybridized carbons (Fsp3) is 0.391. The molecule has 2 amide bonds. The van der Waals surface area contributed by atoms with Crippen LogP contribution in [-0.2, 0) is 16.1 Å². The number of carbonyl (C=O) groups excluding carboxylic acids is 2. The Morgan fingerprint density at radius 2 is 1.83 bits per heavy atom. The molecule has 0 aliphatic heterocycles. The minimum Gasteiger partial charge on any atom is -0.493 e. The molecule has 0 unspecified atom stereocenters. The number of carbonyl (C=O) groups is 2. The van der Waals surface area contributed by atoms with Gasteiger partial charge in [0, 0.05) is 13.1 Å². The molecular formula is C23H30N2O4. The van der Waals surface area contributed by atoms with Crippen LogP contribution >= 0.6 is 0 Å². The van der Waals surface area contributed by atoms with Crippen molar-refractivity contribution in [3.05, 3.63) is 59.7 Å². The van der Waals surface area contributed by atoms with E-state index in [-0.39, 0.29) is 18.4 Å². The van der Waals surface area contributed by atoms with Crippen molar-refractivity contribution < 1.29 is 19.1 Å². The Morgan fingerprint density at radius 1 is 1.10 bits per heavy atom. The number of amides is 2. The quantitative estimate of drug-likeness (QED) is 0.667. The molecule has 0 saturated carbocycles. The van der Waals surface area contributed by atoms with Gasteiger partial charge < -0.3 is 19.7 Å². The van der Waals surface area contributed by atoms with Crippen LogP contribution in [0.25, 0.3) is 0 Å². The number of nitrogens with zero attached hydrogens (tertiary/aromatic N) is 1. The van der Waals surface area contributed by atoms with Gasteiger partial charge in [-0.3, -0.25) is 9.59 Å². The van der Waals surface area contributed by atoms with Crippen molar-refractivity contribution in [2.45, 2.75) is 39.8 Å². The summed E-state index contributed by atoms with van der Waals surface area (Å²) in [5, 5.41) is 2.86. The second kappa shape index (κ2) is 11.1. The number of ether oxygens (including phenoxy) is 2. The highest BCUT2D eigenvalue weighted by molar-refractivity contribution is 5.88. The van der Waals surface area contributed by atoms with Crippen molar-refractivity contribution in [2.75, 3.05) is 20.3 Å². The maximum Gasteiger partial charge on any atom is 0.261 e. The van der Waals surface area contributed by atoms with Crippen LogP contribution in [0.1, 0.15) is 31.4 Å². The van der Waals surface area contributed by atoms with Crippen LogP contribution < -0.4 is 14.8 Å². The first-order chi connectivity index (χ1) is 14.0. The van der Waals surface area contributed by atoms with Gasteiger partial charge >= 0.3 is 0 Å². The van der Waals surface area contributed by atoms with Crippen LogP contribution in [0, 0.1) is 6.92 Å². The third kappa shape index (κ3) is 6.52. The van der Waals surface area contributed by atoms with Gasteiger partial charge in [-0.05, 0) is 38.0 Å². The van der Waals surface area contributed by atoms with E-state index < -0.39 is 6.04 Å². The molecule has 1 atom stereocenters.